The molecule has 2 rings (SSSR count). The highest BCUT2D eigenvalue weighted by Crippen LogP contribution is 2.24. The van der Waals surface area contributed by atoms with E-state index in [0.717, 1.165) is 11.1 Å². The molecule has 0 aromatic heterocycles. The highest BCUT2D eigenvalue weighted by Gasteiger charge is 2.00. The number of hydrogen-bond donors (Lipinski definition) is 3. The molecule has 20 heavy (non-hydrogen) atoms. The number of nitrogens with zero attached hydrogens (tertiary/aromatic N) is 2. The topological polar surface area (TPSA) is 103 Å². The lowest BCUT2D eigenvalue weighted by molar-refractivity contribution is 1.38. The SMILES string of the molecule is Cc1cccc(-c2cccc(N=C(N)N=C(N)N)c2)c1. The summed E-state index contributed by atoms with van der Waals surface area (Å²) in [6.07, 6.45) is 0. The van der Waals surface area contributed by atoms with E-state index in [9.17, 15) is 0 Å². The van der Waals surface area contributed by atoms with E-state index < -0.39 is 0 Å². The third kappa shape index (κ3) is 3.58. The fraction of sp³-hybridized carbons (Fsp3) is 0.0667. The molecule has 5 nitrogen and oxygen atoms in total. The van der Waals surface area contributed by atoms with Gasteiger partial charge in [-0.25, -0.2) is 4.99 Å². The first-order valence-corrected chi connectivity index (χ1v) is 6.15. The summed E-state index contributed by atoms with van der Waals surface area (Å²) in [4.78, 5) is 7.84. The third-order valence-corrected chi connectivity index (χ3v) is 2.68. The predicted molar refractivity (Wildman–Crippen MR) is 83.7 cm³/mol. The molecule has 0 spiro atoms. The highest BCUT2D eigenvalue weighted by molar-refractivity contribution is 5.93. The van der Waals surface area contributed by atoms with Crippen molar-refractivity contribution in [1.82, 2.24) is 0 Å². The standard InChI is InChI=1S/C15H17N5/c1-10-4-2-5-11(8-10)12-6-3-7-13(9-12)19-15(18)20-14(16)17/h2-9H,1H3,(H6,16,17,18,19,20). The minimum Gasteiger partial charge on any atom is -0.370 e. The van der Waals surface area contributed by atoms with E-state index in [1.807, 2.05) is 30.3 Å². The molecule has 0 radical (unpaired) electrons. The van der Waals surface area contributed by atoms with E-state index in [-0.39, 0.29) is 11.9 Å². The molecule has 0 fully saturated rings. The molecule has 0 atom stereocenters. The monoisotopic (exact) mass is 267 g/mol. The quantitative estimate of drug-likeness (QED) is 0.571. The van der Waals surface area contributed by atoms with Crippen molar-refractivity contribution in [3.05, 3.63) is 54.1 Å². The van der Waals surface area contributed by atoms with Crippen molar-refractivity contribution in [1.29, 1.82) is 0 Å². The van der Waals surface area contributed by atoms with E-state index >= 15 is 0 Å². The van der Waals surface area contributed by atoms with Gasteiger partial charge >= 0.3 is 0 Å². The van der Waals surface area contributed by atoms with E-state index in [4.69, 9.17) is 17.2 Å². The molecule has 0 saturated carbocycles. The van der Waals surface area contributed by atoms with Crippen LogP contribution in [0.3, 0.4) is 0 Å². The first kappa shape index (κ1) is 13.6. The Labute approximate surface area is 117 Å². The fourth-order valence-electron chi connectivity index (χ4n) is 1.87. The number of aliphatic imine (C=N–C) groups is 2. The average Bonchev–Trinajstić information content (AvgIpc) is 2.38. The molecule has 0 aliphatic carbocycles. The second-order valence-corrected chi connectivity index (χ2v) is 4.43. The largest absolute Gasteiger partial charge is 0.370 e. The van der Waals surface area contributed by atoms with Gasteiger partial charge < -0.3 is 17.2 Å². The lowest BCUT2D eigenvalue weighted by Gasteiger charge is -2.04. The van der Waals surface area contributed by atoms with Crippen molar-refractivity contribution >= 4 is 17.6 Å². The normalized spacial score (nSPS) is 11.2. The highest BCUT2D eigenvalue weighted by atomic mass is 15.1. The zero-order valence-corrected chi connectivity index (χ0v) is 11.2. The number of rotatable bonds is 2. The summed E-state index contributed by atoms with van der Waals surface area (Å²) in [7, 11) is 0. The molecule has 102 valence electrons. The molecule has 0 saturated heterocycles. The Morgan fingerprint density at radius 3 is 2.20 bits per heavy atom. The minimum atomic E-state index is -0.110. The first-order chi connectivity index (χ1) is 9.54. The van der Waals surface area contributed by atoms with Crippen LogP contribution in [0.2, 0.25) is 0 Å². The van der Waals surface area contributed by atoms with Gasteiger partial charge in [-0.15, -0.1) is 0 Å². The summed E-state index contributed by atoms with van der Waals surface area (Å²) in [5, 5.41) is 0. The van der Waals surface area contributed by atoms with Crippen molar-refractivity contribution in [2.24, 2.45) is 27.2 Å². The molecule has 0 unspecified atom stereocenters. The van der Waals surface area contributed by atoms with E-state index in [0.29, 0.717) is 5.69 Å². The van der Waals surface area contributed by atoms with Crippen molar-refractivity contribution in [2.75, 3.05) is 0 Å². The Balaban J connectivity index is 2.36. The van der Waals surface area contributed by atoms with E-state index in [2.05, 4.69) is 35.1 Å². The summed E-state index contributed by atoms with van der Waals surface area (Å²) in [6, 6.07) is 16.0. The molecule has 0 bridgehead atoms. The third-order valence-electron chi connectivity index (χ3n) is 2.68. The maximum Gasteiger partial charge on any atom is 0.223 e. The van der Waals surface area contributed by atoms with Crippen LogP contribution in [-0.2, 0) is 0 Å². The fourth-order valence-corrected chi connectivity index (χ4v) is 1.87. The van der Waals surface area contributed by atoms with Crippen molar-refractivity contribution in [3.8, 4) is 11.1 Å². The summed E-state index contributed by atoms with van der Waals surface area (Å²) in [6.45, 7) is 2.06. The van der Waals surface area contributed by atoms with Crippen LogP contribution in [0.5, 0.6) is 0 Å². The van der Waals surface area contributed by atoms with Crippen LogP contribution < -0.4 is 17.2 Å². The number of benzene rings is 2. The summed E-state index contributed by atoms with van der Waals surface area (Å²) >= 11 is 0. The van der Waals surface area contributed by atoms with Crippen molar-refractivity contribution in [3.63, 3.8) is 0 Å². The molecular formula is C15H17N5. The molecule has 0 aliphatic rings. The average molecular weight is 267 g/mol. The summed E-state index contributed by atoms with van der Waals surface area (Å²) in [5.41, 5.74) is 20.2. The zero-order valence-electron chi connectivity index (χ0n) is 11.2. The van der Waals surface area contributed by atoms with Gasteiger partial charge in [0.1, 0.15) is 0 Å². The van der Waals surface area contributed by atoms with Gasteiger partial charge in [-0.3, -0.25) is 0 Å². The molecule has 2 aromatic carbocycles. The molecule has 0 aliphatic heterocycles. The van der Waals surface area contributed by atoms with Gasteiger partial charge in [0.15, 0.2) is 5.96 Å². The summed E-state index contributed by atoms with van der Waals surface area (Å²) < 4.78 is 0. The maximum absolute atomic E-state index is 5.62. The molecule has 6 N–H and O–H groups in total. The van der Waals surface area contributed by atoms with Crippen LogP contribution >= 0.6 is 0 Å². The number of nitrogens with two attached hydrogens (primary N) is 3. The van der Waals surface area contributed by atoms with Crippen LogP contribution in [0, 0.1) is 6.92 Å². The molecule has 0 amide bonds. The molecular weight excluding hydrogens is 250 g/mol. The smallest absolute Gasteiger partial charge is 0.223 e. The van der Waals surface area contributed by atoms with Gasteiger partial charge in [-0.05, 0) is 30.2 Å². The second kappa shape index (κ2) is 5.88. The number of hydrogen-bond acceptors (Lipinski definition) is 1. The van der Waals surface area contributed by atoms with E-state index in [1.165, 1.54) is 5.56 Å². The van der Waals surface area contributed by atoms with Gasteiger partial charge in [0.05, 0.1) is 5.69 Å². The van der Waals surface area contributed by atoms with Gasteiger partial charge in [0.25, 0.3) is 0 Å². The first-order valence-electron chi connectivity index (χ1n) is 6.15. The lowest BCUT2D eigenvalue weighted by Crippen LogP contribution is -2.26. The van der Waals surface area contributed by atoms with Crippen LogP contribution in [0.15, 0.2) is 58.5 Å². The Morgan fingerprint density at radius 1 is 0.900 bits per heavy atom. The van der Waals surface area contributed by atoms with Crippen LogP contribution in [0.4, 0.5) is 5.69 Å². The zero-order chi connectivity index (χ0) is 14.5. The predicted octanol–water partition coefficient (Wildman–Crippen LogP) is 1.88. The maximum atomic E-state index is 5.62. The Morgan fingerprint density at radius 2 is 1.55 bits per heavy atom. The van der Waals surface area contributed by atoms with Crippen LogP contribution in [0.1, 0.15) is 5.56 Å². The molecule has 2 aromatic rings. The van der Waals surface area contributed by atoms with Crippen molar-refractivity contribution in [2.45, 2.75) is 6.92 Å². The Kier molecular flexibility index (Phi) is 4.00. The van der Waals surface area contributed by atoms with Gasteiger partial charge in [0, 0.05) is 0 Å². The number of aryl methyl sites for hydroxylation is 1. The molecule has 5 heteroatoms. The van der Waals surface area contributed by atoms with Gasteiger partial charge in [-0.1, -0.05) is 42.0 Å². The van der Waals surface area contributed by atoms with Crippen molar-refractivity contribution < 1.29 is 0 Å². The molecule has 0 heterocycles. The van der Waals surface area contributed by atoms with Crippen LogP contribution in [0.25, 0.3) is 11.1 Å². The van der Waals surface area contributed by atoms with Gasteiger partial charge in [0.2, 0.25) is 5.96 Å². The Bertz CT molecular complexity index is 669. The number of guanidine groups is 2. The second-order valence-electron chi connectivity index (χ2n) is 4.43. The van der Waals surface area contributed by atoms with Crippen LogP contribution in [-0.4, -0.2) is 11.9 Å². The van der Waals surface area contributed by atoms with Gasteiger partial charge in [-0.2, -0.15) is 4.99 Å². The summed E-state index contributed by atoms with van der Waals surface area (Å²) in [5.74, 6) is -0.0764. The Hall–Kier alpha value is -2.82. The van der Waals surface area contributed by atoms with E-state index in [1.54, 1.807) is 0 Å². The minimum absolute atomic E-state index is 0.0337. The lowest BCUT2D eigenvalue weighted by atomic mass is 10.0.